The number of carbonyl (C=O) groups excluding carboxylic acids is 1. The zero-order chi connectivity index (χ0) is 19.6. The maximum atomic E-state index is 13.7. The average Bonchev–Trinajstić information content (AvgIpc) is 3.06. The van der Waals surface area contributed by atoms with Crippen LogP contribution in [-0.4, -0.2) is 22.5 Å². The molecule has 8 heteroatoms. The number of hydrogen-bond donors (Lipinski definition) is 3. The lowest BCUT2D eigenvalue weighted by atomic mass is 10.1. The first kappa shape index (κ1) is 19.2. The zero-order valence-electron chi connectivity index (χ0n) is 13.8. The Kier molecular flexibility index (Phi) is 5.68. The molecule has 0 atom stereocenters. The van der Waals surface area contributed by atoms with Crippen molar-refractivity contribution in [3.05, 3.63) is 75.5 Å². The van der Waals surface area contributed by atoms with Gasteiger partial charge in [0.25, 0.3) is 5.91 Å². The van der Waals surface area contributed by atoms with Crippen LogP contribution in [0, 0.1) is 11.6 Å². The van der Waals surface area contributed by atoms with Crippen molar-refractivity contribution in [2.45, 2.75) is 6.42 Å². The normalized spacial score (nSPS) is 10.8. The van der Waals surface area contributed by atoms with E-state index in [1.165, 1.54) is 0 Å². The monoisotopic (exact) mass is 410 g/mol. The Morgan fingerprint density at radius 1 is 1.11 bits per heavy atom. The highest BCUT2D eigenvalue weighted by atomic mass is 35.5. The van der Waals surface area contributed by atoms with Crippen molar-refractivity contribution in [1.29, 1.82) is 0 Å². The molecule has 3 aromatic rings. The highest BCUT2D eigenvalue weighted by Gasteiger charge is 2.19. The van der Waals surface area contributed by atoms with Crippen LogP contribution in [0.25, 0.3) is 11.1 Å². The van der Waals surface area contributed by atoms with Crippen LogP contribution in [0.5, 0.6) is 5.75 Å². The fourth-order valence-corrected chi connectivity index (χ4v) is 3.34. The van der Waals surface area contributed by atoms with Gasteiger partial charge in [0.1, 0.15) is 23.1 Å². The smallest absolute Gasteiger partial charge is 0.268 e. The second-order valence-corrected chi connectivity index (χ2v) is 6.57. The number of phenols is 1. The quantitative estimate of drug-likeness (QED) is 0.557. The fraction of sp³-hybridized carbons (Fsp3) is 0.105. The van der Waals surface area contributed by atoms with Crippen LogP contribution < -0.4 is 5.32 Å². The minimum absolute atomic E-state index is 0.00778. The van der Waals surface area contributed by atoms with Crippen molar-refractivity contribution in [1.82, 2.24) is 10.3 Å². The topological polar surface area (TPSA) is 65.1 Å². The summed E-state index contributed by atoms with van der Waals surface area (Å²) < 4.78 is 27.5. The predicted octanol–water partition coefficient (Wildman–Crippen LogP) is 4.94. The van der Waals surface area contributed by atoms with Gasteiger partial charge in [0.2, 0.25) is 0 Å². The number of carbonyl (C=O) groups is 1. The number of H-pyrrole nitrogens is 1. The van der Waals surface area contributed by atoms with Crippen LogP contribution in [0.2, 0.25) is 10.0 Å². The standard InChI is InChI=1S/C19H14Cl2F2N2O2/c20-13-2-1-3-14(21)17(13)12-5-6-24-18(12)19(27)25-7-4-11-15(22)8-10(26)9-16(11)23/h1-3,5-6,8-9,24,26H,4,7H2,(H,25,27). The molecule has 0 aliphatic carbocycles. The third-order valence-electron chi connectivity index (χ3n) is 3.99. The molecule has 0 unspecified atom stereocenters. The lowest BCUT2D eigenvalue weighted by molar-refractivity contribution is 0.0950. The van der Waals surface area contributed by atoms with Gasteiger partial charge in [-0.1, -0.05) is 29.3 Å². The van der Waals surface area contributed by atoms with E-state index in [9.17, 15) is 13.6 Å². The van der Waals surface area contributed by atoms with Crippen LogP contribution in [0.1, 0.15) is 16.1 Å². The van der Waals surface area contributed by atoms with Crippen molar-refractivity contribution >= 4 is 29.1 Å². The summed E-state index contributed by atoms with van der Waals surface area (Å²) in [6.45, 7) is -0.00778. The van der Waals surface area contributed by atoms with E-state index in [0.717, 1.165) is 12.1 Å². The second kappa shape index (κ2) is 7.98. The Balaban J connectivity index is 1.75. The zero-order valence-corrected chi connectivity index (χ0v) is 15.3. The van der Waals surface area contributed by atoms with Crippen LogP contribution >= 0.6 is 23.2 Å². The molecule has 4 nitrogen and oxygen atoms in total. The number of hydrogen-bond acceptors (Lipinski definition) is 2. The first-order valence-electron chi connectivity index (χ1n) is 7.95. The summed E-state index contributed by atoms with van der Waals surface area (Å²) in [4.78, 5) is 15.3. The summed E-state index contributed by atoms with van der Waals surface area (Å²) >= 11 is 12.4. The third kappa shape index (κ3) is 4.07. The molecule has 1 aromatic heterocycles. The van der Waals surface area contributed by atoms with E-state index in [1.807, 2.05) is 0 Å². The van der Waals surface area contributed by atoms with Gasteiger partial charge in [0, 0.05) is 51.6 Å². The maximum Gasteiger partial charge on any atom is 0.268 e. The molecule has 3 rings (SSSR count). The van der Waals surface area contributed by atoms with Gasteiger partial charge in [0.15, 0.2) is 0 Å². The number of nitrogens with one attached hydrogen (secondary N) is 2. The molecular weight excluding hydrogens is 397 g/mol. The van der Waals surface area contributed by atoms with E-state index < -0.39 is 23.3 Å². The van der Waals surface area contributed by atoms with Crippen LogP contribution in [0.15, 0.2) is 42.6 Å². The molecule has 0 aliphatic rings. The average molecular weight is 411 g/mol. The lowest BCUT2D eigenvalue weighted by Crippen LogP contribution is -2.27. The first-order valence-corrected chi connectivity index (χ1v) is 8.71. The van der Waals surface area contributed by atoms with Crippen molar-refractivity contribution in [2.24, 2.45) is 0 Å². The van der Waals surface area contributed by atoms with Gasteiger partial charge in [-0.2, -0.15) is 0 Å². The fourth-order valence-electron chi connectivity index (χ4n) is 2.74. The van der Waals surface area contributed by atoms with Crippen molar-refractivity contribution in [3.63, 3.8) is 0 Å². The first-order chi connectivity index (χ1) is 12.9. The maximum absolute atomic E-state index is 13.7. The number of halogens is 4. The molecule has 140 valence electrons. The van der Waals surface area contributed by atoms with Gasteiger partial charge in [0.05, 0.1) is 0 Å². The molecule has 27 heavy (non-hydrogen) atoms. The van der Waals surface area contributed by atoms with Crippen LogP contribution in [0.3, 0.4) is 0 Å². The highest BCUT2D eigenvalue weighted by Crippen LogP contribution is 2.36. The summed E-state index contributed by atoms with van der Waals surface area (Å²) in [5, 5.41) is 12.6. The Hall–Kier alpha value is -2.57. The van der Waals surface area contributed by atoms with Gasteiger partial charge in [-0.25, -0.2) is 8.78 Å². The Morgan fingerprint density at radius 3 is 2.37 bits per heavy atom. The molecule has 0 fully saturated rings. The van der Waals surface area contributed by atoms with Crippen molar-refractivity contribution < 1.29 is 18.7 Å². The number of rotatable bonds is 5. The number of aromatic nitrogens is 1. The number of aromatic amines is 1. The summed E-state index contributed by atoms with van der Waals surface area (Å²) in [7, 11) is 0. The molecule has 1 heterocycles. The summed E-state index contributed by atoms with van der Waals surface area (Å²) in [5.41, 5.74) is 1.05. The van der Waals surface area contributed by atoms with E-state index in [2.05, 4.69) is 10.3 Å². The van der Waals surface area contributed by atoms with E-state index in [-0.39, 0.29) is 24.2 Å². The molecule has 1 amide bonds. The molecule has 0 aliphatic heterocycles. The predicted molar refractivity (Wildman–Crippen MR) is 100 cm³/mol. The summed E-state index contributed by atoms with van der Waals surface area (Å²) in [6.07, 6.45) is 1.50. The van der Waals surface area contributed by atoms with Crippen LogP contribution in [-0.2, 0) is 6.42 Å². The molecule has 0 bridgehead atoms. The molecule has 0 saturated heterocycles. The highest BCUT2D eigenvalue weighted by molar-refractivity contribution is 6.39. The molecule has 3 N–H and O–H groups in total. The molecule has 0 radical (unpaired) electrons. The Labute approximate surface area is 163 Å². The third-order valence-corrected chi connectivity index (χ3v) is 4.62. The van der Waals surface area contributed by atoms with E-state index in [0.29, 0.717) is 21.2 Å². The number of aromatic hydroxyl groups is 1. The van der Waals surface area contributed by atoms with Gasteiger partial charge >= 0.3 is 0 Å². The van der Waals surface area contributed by atoms with Crippen molar-refractivity contribution in [3.8, 4) is 16.9 Å². The number of benzene rings is 2. The van der Waals surface area contributed by atoms with Crippen molar-refractivity contribution in [2.75, 3.05) is 6.54 Å². The Morgan fingerprint density at radius 2 is 1.74 bits per heavy atom. The minimum Gasteiger partial charge on any atom is -0.508 e. The van der Waals surface area contributed by atoms with Gasteiger partial charge in [-0.3, -0.25) is 4.79 Å². The van der Waals surface area contributed by atoms with Gasteiger partial charge < -0.3 is 15.4 Å². The van der Waals surface area contributed by atoms with E-state index in [4.69, 9.17) is 28.3 Å². The van der Waals surface area contributed by atoms with Gasteiger partial charge in [-0.15, -0.1) is 0 Å². The second-order valence-electron chi connectivity index (χ2n) is 5.76. The SMILES string of the molecule is O=C(NCCc1c(F)cc(O)cc1F)c1[nH]ccc1-c1c(Cl)cccc1Cl. The minimum atomic E-state index is -0.870. The number of phenolic OH excluding ortho intramolecular Hbond substituents is 1. The van der Waals surface area contributed by atoms with E-state index in [1.54, 1.807) is 30.5 Å². The summed E-state index contributed by atoms with van der Waals surface area (Å²) in [5.74, 6) is -2.70. The molecule has 0 spiro atoms. The van der Waals surface area contributed by atoms with E-state index >= 15 is 0 Å². The lowest BCUT2D eigenvalue weighted by Gasteiger charge is -2.10. The largest absolute Gasteiger partial charge is 0.508 e. The molecule has 0 saturated carbocycles. The number of amides is 1. The molecular formula is C19H14Cl2F2N2O2. The Bertz CT molecular complexity index is 962. The summed E-state index contributed by atoms with van der Waals surface area (Å²) in [6, 6.07) is 8.33. The van der Waals surface area contributed by atoms with Gasteiger partial charge in [-0.05, 0) is 24.6 Å². The molecule has 2 aromatic carbocycles. The van der Waals surface area contributed by atoms with Crippen LogP contribution in [0.4, 0.5) is 8.78 Å².